The van der Waals surface area contributed by atoms with Crippen LogP contribution in [0.5, 0.6) is 0 Å². The van der Waals surface area contributed by atoms with Crippen molar-refractivity contribution in [2.45, 2.75) is 43.3 Å². The zero-order valence-electron chi connectivity index (χ0n) is 10.2. The van der Waals surface area contributed by atoms with E-state index in [-0.39, 0.29) is 4.75 Å². The molecular weight excluding hydrogens is 234 g/mol. The molecule has 0 amide bonds. The summed E-state index contributed by atoms with van der Waals surface area (Å²) in [6, 6.07) is 0. The molecule has 1 aromatic heterocycles. The van der Waals surface area contributed by atoms with Crippen molar-refractivity contribution in [2.75, 3.05) is 18.8 Å². The first-order valence-corrected chi connectivity index (χ1v) is 7.45. The predicted molar refractivity (Wildman–Crippen MR) is 68.2 cm³/mol. The Morgan fingerprint density at radius 1 is 1.47 bits per heavy atom. The second-order valence-corrected chi connectivity index (χ2v) is 6.78. The minimum Gasteiger partial charge on any atom is -0.338 e. The number of hydrogen-bond acceptors (Lipinski definition) is 5. The highest BCUT2D eigenvalue weighted by Gasteiger charge is 2.37. The molecule has 0 bridgehead atoms. The maximum absolute atomic E-state index is 5.50. The maximum atomic E-state index is 5.50. The zero-order valence-corrected chi connectivity index (χ0v) is 11.1. The molecule has 2 saturated heterocycles. The van der Waals surface area contributed by atoms with Crippen LogP contribution in [-0.2, 0) is 4.75 Å². The Kier molecular flexibility index (Phi) is 3.13. The maximum Gasteiger partial charge on any atom is 0.242 e. The normalized spacial score (nSPS) is 34.1. The third-order valence-corrected chi connectivity index (χ3v) is 5.28. The number of nitrogens with one attached hydrogen (secondary N) is 1. The molecule has 0 spiro atoms. The highest BCUT2D eigenvalue weighted by molar-refractivity contribution is 8.00. The van der Waals surface area contributed by atoms with Crippen LogP contribution in [0.1, 0.15) is 50.2 Å². The van der Waals surface area contributed by atoms with Gasteiger partial charge in [0.15, 0.2) is 5.82 Å². The van der Waals surface area contributed by atoms with E-state index in [0.717, 1.165) is 31.2 Å². The number of nitrogens with zero attached hydrogens (tertiary/aromatic N) is 2. The Morgan fingerprint density at radius 2 is 2.41 bits per heavy atom. The van der Waals surface area contributed by atoms with Gasteiger partial charge in [-0.1, -0.05) is 5.16 Å². The Labute approximate surface area is 106 Å². The average molecular weight is 253 g/mol. The van der Waals surface area contributed by atoms with Crippen molar-refractivity contribution in [1.82, 2.24) is 15.5 Å². The third-order valence-electron chi connectivity index (χ3n) is 3.77. The summed E-state index contributed by atoms with van der Waals surface area (Å²) in [6.07, 6.45) is 4.79. The van der Waals surface area contributed by atoms with Gasteiger partial charge in [-0.2, -0.15) is 4.98 Å². The van der Waals surface area contributed by atoms with E-state index in [2.05, 4.69) is 22.4 Å². The lowest BCUT2D eigenvalue weighted by Gasteiger charge is -2.19. The van der Waals surface area contributed by atoms with Crippen molar-refractivity contribution in [3.05, 3.63) is 11.7 Å². The summed E-state index contributed by atoms with van der Waals surface area (Å²) in [6.45, 7) is 4.33. The summed E-state index contributed by atoms with van der Waals surface area (Å²) in [4.78, 5) is 4.65. The first-order valence-electron chi connectivity index (χ1n) is 6.47. The van der Waals surface area contributed by atoms with Gasteiger partial charge in [0.25, 0.3) is 0 Å². The molecule has 2 aliphatic rings. The van der Waals surface area contributed by atoms with Crippen molar-refractivity contribution in [1.29, 1.82) is 0 Å². The van der Waals surface area contributed by atoms with Crippen molar-refractivity contribution < 1.29 is 4.52 Å². The van der Waals surface area contributed by atoms with Gasteiger partial charge in [0.05, 0.1) is 4.75 Å². The van der Waals surface area contributed by atoms with Crippen molar-refractivity contribution in [3.63, 3.8) is 0 Å². The molecule has 94 valence electrons. The van der Waals surface area contributed by atoms with E-state index in [9.17, 15) is 0 Å². The summed E-state index contributed by atoms with van der Waals surface area (Å²) < 4.78 is 5.56. The molecule has 1 aromatic rings. The highest BCUT2D eigenvalue weighted by Crippen LogP contribution is 2.45. The molecule has 0 radical (unpaired) electrons. The monoisotopic (exact) mass is 253 g/mol. The van der Waals surface area contributed by atoms with Crippen LogP contribution in [0.15, 0.2) is 4.52 Å². The van der Waals surface area contributed by atoms with E-state index in [1.165, 1.54) is 25.0 Å². The van der Waals surface area contributed by atoms with Gasteiger partial charge in [0.2, 0.25) is 5.89 Å². The van der Waals surface area contributed by atoms with Gasteiger partial charge < -0.3 is 9.84 Å². The second-order valence-electron chi connectivity index (χ2n) is 5.18. The van der Waals surface area contributed by atoms with Crippen molar-refractivity contribution in [2.24, 2.45) is 0 Å². The first-order chi connectivity index (χ1) is 8.28. The number of hydrogen-bond donors (Lipinski definition) is 1. The van der Waals surface area contributed by atoms with Crippen LogP contribution in [0.25, 0.3) is 0 Å². The van der Waals surface area contributed by atoms with Crippen molar-refractivity contribution >= 4 is 11.8 Å². The van der Waals surface area contributed by atoms with E-state index in [4.69, 9.17) is 4.52 Å². The van der Waals surface area contributed by atoms with Crippen LogP contribution in [0.2, 0.25) is 0 Å². The Balaban J connectivity index is 1.77. The molecule has 3 rings (SSSR count). The summed E-state index contributed by atoms with van der Waals surface area (Å²) in [7, 11) is 0. The lowest BCUT2D eigenvalue weighted by molar-refractivity contribution is 0.334. The second kappa shape index (κ2) is 4.61. The molecule has 2 fully saturated rings. The van der Waals surface area contributed by atoms with Gasteiger partial charge in [-0.25, -0.2) is 0 Å². The number of rotatable bonds is 2. The standard InChI is InChI=1S/C12H19N3OS/c1-12(5-3-7-17-12)11-14-10(15-16-11)9-4-2-6-13-8-9/h9,13H,2-8H2,1H3. The summed E-state index contributed by atoms with van der Waals surface area (Å²) >= 11 is 1.95. The molecule has 0 saturated carbocycles. The summed E-state index contributed by atoms with van der Waals surface area (Å²) in [5, 5.41) is 7.58. The van der Waals surface area contributed by atoms with Crippen LogP contribution in [0, 0.1) is 0 Å². The van der Waals surface area contributed by atoms with Gasteiger partial charge >= 0.3 is 0 Å². The molecule has 1 N–H and O–H groups in total. The van der Waals surface area contributed by atoms with Crippen LogP contribution < -0.4 is 5.32 Å². The Bertz CT molecular complexity index is 381. The molecular formula is C12H19N3OS. The van der Waals surface area contributed by atoms with Crippen molar-refractivity contribution in [3.8, 4) is 0 Å². The Hall–Kier alpha value is -0.550. The van der Waals surface area contributed by atoms with E-state index < -0.39 is 0 Å². The smallest absolute Gasteiger partial charge is 0.242 e. The van der Waals surface area contributed by atoms with Gasteiger partial charge in [0.1, 0.15) is 0 Å². The molecule has 2 unspecified atom stereocenters. The molecule has 5 heteroatoms. The van der Waals surface area contributed by atoms with Crippen LogP contribution in [0.3, 0.4) is 0 Å². The molecule has 2 atom stereocenters. The molecule has 0 aliphatic carbocycles. The van der Waals surface area contributed by atoms with E-state index >= 15 is 0 Å². The number of thioether (sulfide) groups is 1. The first kappa shape index (κ1) is 11.5. The van der Waals surface area contributed by atoms with Gasteiger partial charge in [-0.3, -0.25) is 0 Å². The van der Waals surface area contributed by atoms with Gasteiger partial charge in [0, 0.05) is 12.5 Å². The van der Waals surface area contributed by atoms with Gasteiger partial charge in [-0.15, -0.1) is 11.8 Å². The molecule has 4 nitrogen and oxygen atoms in total. The zero-order chi connectivity index (χ0) is 11.7. The quantitative estimate of drug-likeness (QED) is 0.876. The van der Waals surface area contributed by atoms with E-state index in [1.807, 2.05) is 11.8 Å². The third kappa shape index (κ3) is 2.22. The topological polar surface area (TPSA) is 51.0 Å². The van der Waals surface area contributed by atoms with Crippen LogP contribution >= 0.6 is 11.8 Å². The van der Waals surface area contributed by atoms with E-state index in [0.29, 0.717) is 5.92 Å². The highest BCUT2D eigenvalue weighted by atomic mass is 32.2. The largest absolute Gasteiger partial charge is 0.338 e. The van der Waals surface area contributed by atoms with Gasteiger partial charge in [-0.05, 0) is 44.9 Å². The lowest BCUT2D eigenvalue weighted by atomic mass is 9.99. The fourth-order valence-electron chi connectivity index (χ4n) is 2.64. The predicted octanol–water partition coefficient (Wildman–Crippen LogP) is 2.28. The average Bonchev–Trinajstić information content (AvgIpc) is 2.99. The molecule has 2 aliphatic heterocycles. The fourth-order valence-corrected chi connectivity index (χ4v) is 3.87. The summed E-state index contributed by atoms with van der Waals surface area (Å²) in [5.41, 5.74) is 0. The number of piperidine rings is 1. The lowest BCUT2D eigenvalue weighted by Crippen LogP contribution is -2.29. The van der Waals surface area contributed by atoms with E-state index in [1.54, 1.807) is 0 Å². The molecule has 0 aromatic carbocycles. The minimum atomic E-state index is 0.0628. The van der Waals surface area contributed by atoms with Crippen LogP contribution in [-0.4, -0.2) is 29.0 Å². The number of aromatic nitrogens is 2. The van der Waals surface area contributed by atoms with Crippen LogP contribution in [0.4, 0.5) is 0 Å². The fraction of sp³-hybridized carbons (Fsp3) is 0.833. The molecule has 17 heavy (non-hydrogen) atoms. The summed E-state index contributed by atoms with van der Waals surface area (Å²) in [5.74, 6) is 3.39. The minimum absolute atomic E-state index is 0.0628. The SMILES string of the molecule is CC1(c2nc(C3CCCNC3)no2)CCCS1. The molecule has 3 heterocycles. The Morgan fingerprint density at radius 3 is 3.12 bits per heavy atom.